The van der Waals surface area contributed by atoms with Gasteiger partial charge in [0.25, 0.3) is 0 Å². The molecular weight excluding hydrogens is 278 g/mol. The Morgan fingerprint density at radius 1 is 1.14 bits per heavy atom. The van der Waals surface area contributed by atoms with Crippen molar-refractivity contribution in [3.63, 3.8) is 0 Å². The van der Waals surface area contributed by atoms with Crippen molar-refractivity contribution in [2.75, 3.05) is 5.32 Å². The fourth-order valence-electron chi connectivity index (χ4n) is 2.45. The number of nitrogens with one attached hydrogen (secondary N) is 1. The van der Waals surface area contributed by atoms with Crippen LogP contribution in [0.4, 0.5) is 5.69 Å². The van der Waals surface area contributed by atoms with Crippen molar-refractivity contribution in [1.82, 2.24) is 0 Å². The molecule has 108 valence electrons. The second-order valence-electron chi connectivity index (χ2n) is 5.73. The summed E-state index contributed by atoms with van der Waals surface area (Å²) in [7, 11) is 0. The first-order valence-electron chi connectivity index (χ1n) is 7.26. The van der Waals surface area contributed by atoms with Crippen molar-refractivity contribution < 1.29 is 4.79 Å². The first-order valence-corrected chi connectivity index (χ1v) is 8.25. The average Bonchev–Trinajstić information content (AvgIpc) is 2.84. The number of rotatable bonds is 4. The molecule has 2 nitrogen and oxygen atoms in total. The summed E-state index contributed by atoms with van der Waals surface area (Å²) in [5.41, 5.74) is 4.78. The molecule has 0 spiro atoms. The smallest absolute Gasteiger partial charge is 0.228 e. The van der Waals surface area contributed by atoms with Gasteiger partial charge in [0, 0.05) is 16.3 Å². The van der Waals surface area contributed by atoms with Crippen molar-refractivity contribution >= 4 is 23.4 Å². The second kappa shape index (κ2) is 5.94. The summed E-state index contributed by atoms with van der Waals surface area (Å²) in [6.07, 6.45) is 0.511. The molecule has 0 bridgehead atoms. The van der Waals surface area contributed by atoms with E-state index in [1.165, 1.54) is 16.0 Å². The minimum Gasteiger partial charge on any atom is -0.325 e. The van der Waals surface area contributed by atoms with Crippen LogP contribution < -0.4 is 5.32 Å². The molecule has 3 heteroatoms. The first kappa shape index (κ1) is 14.2. The molecule has 0 atom stereocenters. The Kier molecular flexibility index (Phi) is 4.02. The lowest BCUT2D eigenvalue weighted by Crippen LogP contribution is -2.03. The molecule has 0 saturated carbocycles. The van der Waals surface area contributed by atoms with Crippen molar-refractivity contribution in [3.8, 4) is 0 Å². The fraction of sp³-hybridized carbons (Fsp3) is 0.278. The molecule has 0 saturated heterocycles. The third-order valence-corrected chi connectivity index (χ3v) is 4.82. The molecule has 2 aromatic carbocycles. The monoisotopic (exact) mass is 297 g/mol. The van der Waals surface area contributed by atoms with Crippen LogP contribution in [-0.4, -0.2) is 5.91 Å². The van der Waals surface area contributed by atoms with Gasteiger partial charge in [0.2, 0.25) is 5.91 Å². The summed E-state index contributed by atoms with van der Waals surface area (Å²) < 4.78 is 0. The predicted octanol–water partition coefficient (Wildman–Crippen LogP) is 4.60. The van der Waals surface area contributed by atoms with E-state index in [0.29, 0.717) is 12.3 Å². The van der Waals surface area contributed by atoms with Crippen LogP contribution >= 0.6 is 11.8 Å². The molecule has 2 aromatic rings. The van der Waals surface area contributed by atoms with E-state index < -0.39 is 0 Å². The molecule has 1 heterocycles. The summed E-state index contributed by atoms with van der Waals surface area (Å²) in [6.45, 7) is 4.42. The van der Waals surface area contributed by atoms with Gasteiger partial charge in [-0.2, -0.15) is 0 Å². The minimum atomic E-state index is 0.0939. The lowest BCUT2D eigenvalue weighted by molar-refractivity contribution is -0.115. The van der Waals surface area contributed by atoms with Crippen LogP contribution in [0.1, 0.15) is 36.5 Å². The Morgan fingerprint density at radius 2 is 1.90 bits per heavy atom. The zero-order valence-corrected chi connectivity index (χ0v) is 13.2. The Labute approximate surface area is 130 Å². The highest BCUT2D eigenvalue weighted by Crippen LogP contribution is 2.30. The number of thioether (sulfide) groups is 1. The van der Waals surface area contributed by atoms with Gasteiger partial charge in [-0.1, -0.05) is 44.2 Å². The number of amides is 1. The first-order chi connectivity index (χ1) is 10.1. The number of fused-ring (bicyclic) bond motifs is 1. The molecule has 3 rings (SSSR count). The molecule has 1 amide bonds. The van der Waals surface area contributed by atoms with Crippen molar-refractivity contribution in [1.29, 1.82) is 0 Å². The second-order valence-corrected chi connectivity index (χ2v) is 6.78. The number of carbonyl (C=O) groups excluding carboxylic acids is 1. The van der Waals surface area contributed by atoms with Gasteiger partial charge in [-0.05, 0) is 34.7 Å². The number of hydrogen-bond acceptors (Lipinski definition) is 2. The van der Waals surface area contributed by atoms with E-state index in [1.54, 1.807) is 11.8 Å². The third kappa shape index (κ3) is 3.30. The Bertz CT molecular complexity index is 661. The van der Waals surface area contributed by atoms with Crippen LogP contribution in [0, 0.1) is 0 Å². The van der Waals surface area contributed by atoms with Gasteiger partial charge < -0.3 is 5.32 Å². The molecular formula is C18H19NOS. The topological polar surface area (TPSA) is 29.1 Å². The van der Waals surface area contributed by atoms with E-state index in [-0.39, 0.29) is 5.91 Å². The van der Waals surface area contributed by atoms with E-state index >= 15 is 0 Å². The molecule has 1 N–H and O–H groups in total. The van der Waals surface area contributed by atoms with E-state index in [9.17, 15) is 4.79 Å². The van der Waals surface area contributed by atoms with Crippen LogP contribution in [0.3, 0.4) is 0 Å². The van der Waals surface area contributed by atoms with Gasteiger partial charge in [-0.25, -0.2) is 0 Å². The zero-order valence-electron chi connectivity index (χ0n) is 12.3. The third-order valence-electron chi connectivity index (χ3n) is 3.76. The van der Waals surface area contributed by atoms with Crippen LogP contribution in [0.2, 0.25) is 0 Å². The Morgan fingerprint density at radius 3 is 2.62 bits per heavy atom. The Balaban J connectivity index is 1.65. The van der Waals surface area contributed by atoms with E-state index in [0.717, 1.165) is 17.0 Å². The maximum absolute atomic E-state index is 11.4. The van der Waals surface area contributed by atoms with Gasteiger partial charge in [0.15, 0.2) is 0 Å². The standard InChI is InChI=1S/C18H19NOS/c1-12(2)14-5-3-13(4-6-14)11-21-16-8-7-15-9-18(20)19-17(15)10-16/h3-8,10,12H,9,11H2,1-2H3,(H,19,20). The summed E-state index contributed by atoms with van der Waals surface area (Å²) in [5.74, 6) is 1.62. The van der Waals surface area contributed by atoms with Gasteiger partial charge >= 0.3 is 0 Å². The number of hydrogen-bond donors (Lipinski definition) is 1. The van der Waals surface area contributed by atoms with Crippen molar-refractivity contribution in [2.24, 2.45) is 0 Å². The minimum absolute atomic E-state index is 0.0939. The lowest BCUT2D eigenvalue weighted by atomic mass is 10.0. The molecule has 0 aromatic heterocycles. The Hall–Kier alpha value is -1.74. The highest BCUT2D eigenvalue weighted by atomic mass is 32.2. The lowest BCUT2D eigenvalue weighted by Gasteiger charge is -2.07. The van der Waals surface area contributed by atoms with Crippen LogP contribution in [-0.2, 0) is 17.0 Å². The molecule has 1 aliphatic heterocycles. The van der Waals surface area contributed by atoms with E-state index in [4.69, 9.17) is 0 Å². The van der Waals surface area contributed by atoms with E-state index in [1.807, 2.05) is 0 Å². The molecule has 0 unspecified atom stereocenters. The fourth-order valence-corrected chi connectivity index (χ4v) is 3.34. The largest absolute Gasteiger partial charge is 0.325 e. The number of benzene rings is 2. The summed E-state index contributed by atoms with van der Waals surface area (Å²) in [6, 6.07) is 15.1. The molecule has 0 radical (unpaired) electrons. The maximum Gasteiger partial charge on any atom is 0.228 e. The van der Waals surface area contributed by atoms with Crippen molar-refractivity contribution in [3.05, 3.63) is 59.2 Å². The zero-order chi connectivity index (χ0) is 14.8. The van der Waals surface area contributed by atoms with Gasteiger partial charge in [0.1, 0.15) is 0 Å². The van der Waals surface area contributed by atoms with Crippen molar-refractivity contribution in [2.45, 2.75) is 36.8 Å². The van der Waals surface area contributed by atoms with Crippen LogP contribution in [0.15, 0.2) is 47.4 Å². The number of anilines is 1. The SMILES string of the molecule is CC(C)c1ccc(CSc2ccc3c(c2)NC(=O)C3)cc1. The van der Waals surface area contributed by atoms with Crippen LogP contribution in [0.5, 0.6) is 0 Å². The highest BCUT2D eigenvalue weighted by Gasteiger charge is 2.17. The molecule has 0 fully saturated rings. The summed E-state index contributed by atoms with van der Waals surface area (Å²) in [4.78, 5) is 12.6. The summed E-state index contributed by atoms with van der Waals surface area (Å²) in [5, 5.41) is 2.90. The van der Waals surface area contributed by atoms with Gasteiger partial charge in [-0.15, -0.1) is 11.8 Å². The quantitative estimate of drug-likeness (QED) is 0.836. The molecule has 0 aliphatic carbocycles. The van der Waals surface area contributed by atoms with E-state index in [2.05, 4.69) is 61.6 Å². The normalized spacial score (nSPS) is 13.4. The van der Waals surface area contributed by atoms with Gasteiger partial charge in [0.05, 0.1) is 6.42 Å². The number of carbonyl (C=O) groups is 1. The van der Waals surface area contributed by atoms with Gasteiger partial charge in [-0.3, -0.25) is 4.79 Å². The predicted molar refractivity (Wildman–Crippen MR) is 88.9 cm³/mol. The highest BCUT2D eigenvalue weighted by molar-refractivity contribution is 7.98. The maximum atomic E-state index is 11.4. The molecule has 1 aliphatic rings. The summed E-state index contributed by atoms with van der Waals surface area (Å²) >= 11 is 1.80. The molecule has 21 heavy (non-hydrogen) atoms. The average molecular weight is 297 g/mol. The van der Waals surface area contributed by atoms with Crippen LogP contribution in [0.25, 0.3) is 0 Å².